The number of amides is 1. The highest BCUT2D eigenvalue weighted by atomic mass is 35.5. The minimum atomic E-state index is -0.968. The number of rotatable bonds is 6. The van der Waals surface area contributed by atoms with E-state index < -0.39 is 24.3 Å². The van der Waals surface area contributed by atoms with E-state index in [0.717, 1.165) is 11.6 Å². The number of carbonyl (C=O) groups excluding carboxylic acids is 2. The van der Waals surface area contributed by atoms with Gasteiger partial charge in [0, 0.05) is 6.54 Å². The van der Waals surface area contributed by atoms with Gasteiger partial charge in [0.25, 0.3) is 5.91 Å². The van der Waals surface area contributed by atoms with Gasteiger partial charge in [-0.2, -0.15) is 0 Å². The van der Waals surface area contributed by atoms with Crippen LogP contribution in [0.15, 0.2) is 48.5 Å². The van der Waals surface area contributed by atoms with Crippen molar-refractivity contribution in [3.63, 3.8) is 0 Å². The molecule has 0 saturated heterocycles. The van der Waals surface area contributed by atoms with Crippen molar-refractivity contribution in [1.29, 1.82) is 0 Å². The molecule has 2 aromatic rings. The zero-order chi connectivity index (χ0) is 17.5. The normalized spacial score (nSPS) is 11.6. The molecule has 2 aromatic carbocycles. The van der Waals surface area contributed by atoms with Crippen molar-refractivity contribution in [3.05, 3.63) is 70.5 Å². The van der Waals surface area contributed by atoms with Gasteiger partial charge in [-0.3, -0.25) is 4.79 Å². The molecular formula is C18H17ClFNO3. The molecule has 6 heteroatoms. The number of halogens is 2. The van der Waals surface area contributed by atoms with Crippen molar-refractivity contribution < 1.29 is 18.7 Å². The Bertz CT molecular complexity index is 701. The van der Waals surface area contributed by atoms with Crippen LogP contribution < -0.4 is 5.32 Å². The molecule has 24 heavy (non-hydrogen) atoms. The smallest absolute Gasteiger partial charge is 0.343 e. The number of benzene rings is 2. The van der Waals surface area contributed by atoms with Crippen LogP contribution in [0.1, 0.15) is 28.8 Å². The van der Waals surface area contributed by atoms with Crippen LogP contribution in [0.4, 0.5) is 4.39 Å². The summed E-state index contributed by atoms with van der Waals surface area (Å²) in [7, 11) is 0. The topological polar surface area (TPSA) is 55.4 Å². The molecule has 0 spiro atoms. The third kappa shape index (κ3) is 4.80. The Balaban J connectivity index is 1.82. The first kappa shape index (κ1) is 17.9. The van der Waals surface area contributed by atoms with Gasteiger partial charge >= 0.3 is 5.97 Å². The largest absolute Gasteiger partial charge is 0.452 e. The van der Waals surface area contributed by atoms with Gasteiger partial charge < -0.3 is 10.1 Å². The second-order valence-corrected chi connectivity index (χ2v) is 5.70. The average Bonchev–Trinajstić information content (AvgIpc) is 2.58. The van der Waals surface area contributed by atoms with Crippen LogP contribution in [0.25, 0.3) is 0 Å². The molecule has 0 unspecified atom stereocenters. The lowest BCUT2D eigenvalue weighted by Crippen LogP contribution is -2.31. The predicted octanol–water partition coefficient (Wildman–Crippen LogP) is 3.56. The summed E-state index contributed by atoms with van der Waals surface area (Å²) < 4.78 is 18.4. The van der Waals surface area contributed by atoms with E-state index in [1.807, 2.05) is 37.3 Å². The third-order valence-electron chi connectivity index (χ3n) is 3.48. The number of carbonyl (C=O) groups is 2. The minimum absolute atomic E-state index is 0.0573. The van der Waals surface area contributed by atoms with E-state index in [-0.39, 0.29) is 16.5 Å². The van der Waals surface area contributed by atoms with Crippen LogP contribution in [-0.2, 0) is 9.53 Å². The molecule has 2 rings (SSSR count). The molecule has 0 radical (unpaired) electrons. The van der Waals surface area contributed by atoms with Crippen molar-refractivity contribution in [3.8, 4) is 0 Å². The fourth-order valence-corrected chi connectivity index (χ4v) is 2.35. The van der Waals surface area contributed by atoms with Crippen LogP contribution in [-0.4, -0.2) is 25.0 Å². The minimum Gasteiger partial charge on any atom is -0.452 e. The molecule has 1 amide bonds. The molecule has 1 N–H and O–H groups in total. The summed E-state index contributed by atoms with van der Waals surface area (Å²) in [4.78, 5) is 23.6. The monoisotopic (exact) mass is 349 g/mol. The zero-order valence-corrected chi connectivity index (χ0v) is 13.8. The number of hydrogen-bond donors (Lipinski definition) is 1. The molecule has 0 heterocycles. The van der Waals surface area contributed by atoms with E-state index in [9.17, 15) is 14.0 Å². The fourth-order valence-electron chi connectivity index (χ4n) is 2.11. The quantitative estimate of drug-likeness (QED) is 0.811. The van der Waals surface area contributed by atoms with E-state index in [1.165, 1.54) is 12.1 Å². The maximum atomic E-state index is 13.6. The highest BCUT2D eigenvalue weighted by Crippen LogP contribution is 2.19. The Morgan fingerprint density at radius 2 is 1.88 bits per heavy atom. The van der Waals surface area contributed by atoms with Gasteiger partial charge in [-0.05, 0) is 23.6 Å². The maximum Gasteiger partial charge on any atom is 0.343 e. The highest BCUT2D eigenvalue weighted by molar-refractivity contribution is 6.33. The van der Waals surface area contributed by atoms with E-state index in [4.69, 9.17) is 16.3 Å². The van der Waals surface area contributed by atoms with E-state index >= 15 is 0 Å². The summed E-state index contributed by atoms with van der Waals surface area (Å²) in [6, 6.07) is 13.6. The zero-order valence-electron chi connectivity index (χ0n) is 13.1. The SMILES string of the molecule is C[C@H](CNC(=O)COC(=O)c1c(F)cccc1Cl)c1ccccc1. The van der Waals surface area contributed by atoms with Crippen molar-refractivity contribution in [1.82, 2.24) is 5.32 Å². The van der Waals surface area contributed by atoms with E-state index in [2.05, 4.69) is 5.32 Å². The highest BCUT2D eigenvalue weighted by Gasteiger charge is 2.18. The Labute approximate surface area is 144 Å². The van der Waals surface area contributed by atoms with Gasteiger partial charge in [0.2, 0.25) is 0 Å². The molecule has 0 saturated carbocycles. The number of ether oxygens (including phenoxy) is 1. The molecular weight excluding hydrogens is 333 g/mol. The third-order valence-corrected chi connectivity index (χ3v) is 3.79. The van der Waals surface area contributed by atoms with Gasteiger partial charge in [-0.25, -0.2) is 9.18 Å². The lowest BCUT2D eigenvalue weighted by Gasteiger charge is -2.13. The summed E-state index contributed by atoms with van der Waals surface area (Å²) in [6.45, 7) is 1.88. The Hall–Kier alpha value is -2.40. The molecule has 0 aliphatic rings. The first-order valence-corrected chi connectivity index (χ1v) is 7.79. The Kier molecular flexibility index (Phi) is 6.32. The van der Waals surface area contributed by atoms with Crippen LogP contribution >= 0.6 is 11.6 Å². The molecule has 0 aliphatic carbocycles. The van der Waals surface area contributed by atoms with Gasteiger partial charge in [0.1, 0.15) is 11.4 Å². The van der Waals surface area contributed by atoms with Crippen molar-refractivity contribution in [2.75, 3.05) is 13.2 Å². The summed E-state index contributed by atoms with van der Waals surface area (Å²) in [5, 5.41) is 2.62. The second kappa shape index (κ2) is 8.45. The molecule has 126 valence electrons. The molecule has 0 aliphatic heterocycles. The van der Waals surface area contributed by atoms with Crippen LogP contribution in [0, 0.1) is 5.82 Å². The van der Waals surface area contributed by atoms with Gasteiger partial charge in [0.15, 0.2) is 6.61 Å². The Morgan fingerprint density at radius 1 is 1.17 bits per heavy atom. The molecule has 0 bridgehead atoms. The first-order chi connectivity index (χ1) is 11.5. The molecule has 0 aromatic heterocycles. The lowest BCUT2D eigenvalue weighted by atomic mass is 10.0. The summed E-state index contributed by atoms with van der Waals surface area (Å²) >= 11 is 5.77. The van der Waals surface area contributed by atoms with Crippen molar-refractivity contribution >= 4 is 23.5 Å². The summed E-state index contributed by atoms with van der Waals surface area (Å²) in [5.41, 5.74) is 0.720. The van der Waals surface area contributed by atoms with Crippen molar-refractivity contribution in [2.45, 2.75) is 12.8 Å². The maximum absolute atomic E-state index is 13.6. The van der Waals surface area contributed by atoms with E-state index in [0.29, 0.717) is 6.54 Å². The summed E-state index contributed by atoms with van der Waals surface area (Å²) in [6.07, 6.45) is 0. The average molecular weight is 350 g/mol. The standard InChI is InChI=1S/C18H17ClFNO3/c1-12(13-6-3-2-4-7-13)10-21-16(22)11-24-18(23)17-14(19)8-5-9-15(17)20/h2-9,12H,10-11H2,1H3,(H,21,22)/t12-/m1/s1. The lowest BCUT2D eigenvalue weighted by molar-refractivity contribution is -0.124. The number of esters is 1. The predicted molar refractivity (Wildman–Crippen MR) is 89.6 cm³/mol. The van der Waals surface area contributed by atoms with Gasteiger partial charge in [-0.1, -0.05) is 54.9 Å². The molecule has 1 atom stereocenters. The molecule has 4 nitrogen and oxygen atoms in total. The number of nitrogens with one attached hydrogen (secondary N) is 1. The molecule has 0 fully saturated rings. The first-order valence-electron chi connectivity index (χ1n) is 7.42. The van der Waals surface area contributed by atoms with Gasteiger partial charge in [0.05, 0.1) is 5.02 Å². The summed E-state index contributed by atoms with van der Waals surface area (Å²) in [5.74, 6) is -2.10. The van der Waals surface area contributed by atoms with Crippen LogP contribution in [0.2, 0.25) is 5.02 Å². The number of hydrogen-bond acceptors (Lipinski definition) is 3. The second-order valence-electron chi connectivity index (χ2n) is 5.29. The fraction of sp³-hybridized carbons (Fsp3) is 0.222. The van der Waals surface area contributed by atoms with Gasteiger partial charge in [-0.15, -0.1) is 0 Å². The van der Waals surface area contributed by atoms with E-state index in [1.54, 1.807) is 0 Å². The van der Waals surface area contributed by atoms with Crippen LogP contribution in [0.5, 0.6) is 0 Å². The van der Waals surface area contributed by atoms with Crippen molar-refractivity contribution in [2.24, 2.45) is 0 Å². The Morgan fingerprint density at radius 3 is 2.54 bits per heavy atom. The van der Waals surface area contributed by atoms with Crippen LogP contribution in [0.3, 0.4) is 0 Å².